The van der Waals surface area contributed by atoms with E-state index in [9.17, 15) is 0 Å². The van der Waals surface area contributed by atoms with Crippen molar-refractivity contribution in [1.82, 2.24) is 5.32 Å². The molecule has 1 heterocycles. The minimum atomic E-state index is 0.918. The van der Waals surface area contributed by atoms with Crippen LogP contribution in [0.3, 0.4) is 0 Å². The molecule has 0 bridgehead atoms. The van der Waals surface area contributed by atoms with Crippen LogP contribution < -0.4 is 5.32 Å². The molecule has 0 unspecified atom stereocenters. The standard InChI is InChI=1S/C10H18N2/c1-2-3-6-12-9-10-4-7-11-8-5-10/h4,6,11H,2-3,5,7-9H2,1H3. The molecule has 0 aromatic rings. The van der Waals surface area contributed by atoms with Crippen LogP contribution in [-0.2, 0) is 0 Å². The number of hydrogen-bond acceptors (Lipinski definition) is 2. The topological polar surface area (TPSA) is 24.4 Å². The maximum atomic E-state index is 4.36. The van der Waals surface area contributed by atoms with E-state index in [-0.39, 0.29) is 0 Å². The maximum absolute atomic E-state index is 4.36. The van der Waals surface area contributed by atoms with Crippen LogP contribution in [0.4, 0.5) is 0 Å². The number of unbranched alkanes of at least 4 members (excludes halogenated alkanes) is 1. The Kier molecular flexibility index (Phi) is 4.69. The molecule has 68 valence electrons. The summed E-state index contributed by atoms with van der Waals surface area (Å²) in [5.74, 6) is 0. The van der Waals surface area contributed by atoms with Gasteiger partial charge in [0.05, 0.1) is 6.54 Å². The van der Waals surface area contributed by atoms with Crippen molar-refractivity contribution in [2.24, 2.45) is 4.99 Å². The minimum absolute atomic E-state index is 0.918. The molecule has 0 atom stereocenters. The summed E-state index contributed by atoms with van der Waals surface area (Å²) in [4.78, 5) is 4.36. The first-order valence-corrected chi connectivity index (χ1v) is 4.80. The van der Waals surface area contributed by atoms with Gasteiger partial charge in [-0.15, -0.1) is 0 Å². The molecule has 0 saturated carbocycles. The first kappa shape index (κ1) is 9.46. The van der Waals surface area contributed by atoms with E-state index in [2.05, 4.69) is 23.3 Å². The van der Waals surface area contributed by atoms with Crippen LogP contribution in [0.1, 0.15) is 26.2 Å². The fourth-order valence-electron chi connectivity index (χ4n) is 1.22. The van der Waals surface area contributed by atoms with Gasteiger partial charge in [0, 0.05) is 6.54 Å². The van der Waals surface area contributed by atoms with E-state index in [1.165, 1.54) is 18.4 Å². The fourth-order valence-corrected chi connectivity index (χ4v) is 1.22. The smallest absolute Gasteiger partial charge is 0.0596 e. The number of hydrogen-bond donors (Lipinski definition) is 1. The molecule has 0 fully saturated rings. The van der Waals surface area contributed by atoms with Gasteiger partial charge in [0.15, 0.2) is 0 Å². The Bertz CT molecular complexity index is 171. The van der Waals surface area contributed by atoms with E-state index >= 15 is 0 Å². The molecule has 0 radical (unpaired) electrons. The van der Waals surface area contributed by atoms with E-state index in [0.29, 0.717) is 0 Å². The maximum Gasteiger partial charge on any atom is 0.0596 e. The zero-order valence-corrected chi connectivity index (χ0v) is 7.84. The van der Waals surface area contributed by atoms with Crippen molar-refractivity contribution in [3.8, 4) is 0 Å². The molecule has 0 spiro atoms. The number of aliphatic imine (C=N–C) groups is 1. The zero-order valence-electron chi connectivity index (χ0n) is 7.84. The van der Waals surface area contributed by atoms with Crippen LogP contribution in [-0.4, -0.2) is 25.8 Å². The summed E-state index contributed by atoms with van der Waals surface area (Å²) >= 11 is 0. The van der Waals surface area contributed by atoms with Crippen LogP contribution in [0.25, 0.3) is 0 Å². The predicted molar refractivity (Wildman–Crippen MR) is 53.8 cm³/mol. The Morgan fingerprint density at radius 1 is 1.67 bits per heavy atom. The monoisotopic (exact) mass is 166 g/mol. The highest BCUT2D eigenvalue weighted by Crippen LogP contribution is 2.03. The molecule has 2 nitrogen and oxygen atoms in total. The molecule has 12 heavy (non-hydrogen) atoms. The van der Waals surface area contributed by atoms with Crippen LogP contribution in [0.5, 0.6) is 0 Å². The van der Waals surface area contributed by atoms with Gasteiger partial charge in [0.1, 0.15) is 0 Å². The van der Waals surface area contributed by atoms with E-state index in [1.807, 2.05) is 6.21 Å². The highest BCUT2D eigenvalue weighted by atomic mass is 14.9. The molecule has 1 aliphatic rings. The summed E-state index contributed by atoms with van der Waals surface area (Å²) in [6.07, 6.45) is 7.79. The second-order valence-electron chi connectivity index (χ2n) is 3.13. The highest BCUT2D eigenvalue weighted by molar-refractivity contribution is 5.57. The second kappa shape index (κ2) is 5.95. The van der Waals surface area contributed by atoms with Gasteiger partial charge in [-0.05, 0) is 25.6 Å². The van der Waals surface area contributed by atoms with E-state index in [0.717, 1.165) is 26.1 Å². The molecular weight excluding hydrogens is 148 g/mol. The first-order chi connectivity index (χ1) is 5.93. The molecule has 0 saturated heterocycles. The van der Waals surface area contributed by atoms with Crippen molar-refractivity contribution < 1.29 is 0 Å². The number of nitrogens with one attached hydrogen (secondary N) is 1. The molecule has 0 aliphatic carbocycles. The lowest BCUT2D eigenvalue weighted by Gasteiger charge is -2.11. The van der Waals surface area contributed by atoms with Gasteiger partial charge in [0.2, 0.25) is 0 Å². The van der Waals surface area contributed by atoms with Crippen molar-refractivity contribution in [2.75, 3.05) is 19.6 Å². The summed E-state index contributed by atoms with van der Waals surface area (Å²) in [5.41, 5.74) is 1.49. The third kappa shape index (κ3) is 3.67. The lowest BCUT2D eigenvalue weighted by atomic mass is 10.1. The lowest BCUT2D eigenvalue weighted by molar-refractivity contribution is 0.694. The average molecular weight is 166 g/mol. The van der Waals surface area contributed by atoms with Crippen LogP contribution in [0, 0.1) is 0 Å². The molecule has 0 aromatic carbocycles. The molecular formula is C10H18N2. The van der Waals surface area contributed by atoms with Gasteiger partial charge in [0.25, 0.3) is 0 Å². The molecule has 0 amide bonds. The summed E-state index contributed by atoms with van der Waals surface area (Å²) in [5, 5.41) is 3.29. The third-order valence-corrected chi connectivity index (χ3v) is 2.00. The summed E-state index contributed by atoms with van der Waals surface area (Å²) < 4.78 is 0. The average Bonchev–Trinajstić information content (AvgIpc) is 2.14. The normalized spacial score (nSPS) is 18.2. The number of nitrogens with zero attached hydrogens (tertiary/aromatic N) is 1. The molecule has 1 aliphatic heterocycles. The SMILES string of the molecule is CCCC=NCC1=CCNCC1. The summed E-state index contributed by atoms with van der Waals surface area (Å²) in [6, 6.07) is 0. The Morgan fingerprint density at radius 3 is 3.25 bits per heavy atom. The number of rotatable bonds is 4. The quantitative estimate of drug-likeness (QED) is 0.499. The second-order valence-corrected chi connectivity index (χ2v) is 3.13. The van der Waals surface area contributed by atoms with Crippen LogP contribution in [0.15, 0.2) is 16.6 Å². The van der Waals surface area contributed by atoms with Gasteiger partial charge < -0.3 is 5.32 Å². The molecule has 1 N–H and O–H groups in total. The van der Waals surface area contributed by atoms with E-state index in [1.54, 1.807) is 0 Å². The minimum Gasteiger partial charge on any atom is -0.313 e. The molecule has 1 rings (SSSR count). The Morgan fingerprint density at radius 2 is 2.58 bits per heavy atom. The lowest BCUT2D eigenvalue weighted by Crippen LogP contribution is -2.21. The molecule has 2 heteroatoms. The van der Waals surface area contributed by atoms with Crippen molar-refractivity contribution in [3.05, 3.63) is 11.6 Å². The Labute approximate surface area is 74.8 Å². The Balaban J connectivity index is 2.17. The van der Waals surface area contributed by atoms with Gasteiger partial charge in [-0.1, -0.05) is 25.0 Å². The van der Waals surface area contributed by atoms with E-state index < -0.39 is 0 Å². The van der Waals surface area contributed by atoms with Crippen molar-refractivity contribution in [3.63, 3.8) is 0 Å². The largest absolute Gasteiger partial charge is 0.313 e. The fraction of sp³-hybridized carbons (Fsp3) is 0.700. The van der Waals surface area contributed by atoms with Gasteiger partial charge >= 0.3 is 0 Å². The highest BCUT2D eigenvalue weighted by Gasteiger charge is 1.99. The first-order valence-electron chi connectivity index (χ1n) is 4.80. The van der Waals surface area contributed by atoms with Crippen LogP contribution >= 0.6 is 0 Å². The van der Waals surface area contributed by atoms with Crippen LogP contribution in [0.2, 0.25) is 0 Å². The van der Waals surface area contributed by atoms with Gasteiger partial charge in [-0.2, -0.15) is 0 Å². The summed E-state index contributed by atoms with van der Waals surface area (Å²) in [7, 11) is 0. The van der Waals surface area contributed by atoms with Crippen molar-refractivity contribution in [1.29, 1.82) is 0 Å². The molecule has 0 aromatic heterocycles. The van der Waals surface area contributed by atoms with Gasteiger partial charge in [-0.25, -0.2) is 0 Å². The zero-order chi connectivity index (χ0) is 8.65. The van der Waals surface area contributed by atoms with Gasteiger partial charge in [-0.3, -0.25) is 4.99 Å². The summed E-state index contributed by atoms with van der Waals surface area (Å²) in [6.45, 7) is 5.24. The van der Waals surface area contributed by atoms with E-state index in [4.69, 9.17) is 0 Å². The Hall–Kier alpha value is -0.630. The van der Waals surface area contributed by atoms with Crippen molar-refractivity contribution in [2.45, 2.75) is 26.2 Å². The third-order valence-electron chi connectivity index (χ3n) is 2.00. The predicted octanol–water partition coefficient (Wildman–Crippen LogP) is 1.78. The van der Waals surface area contributed by atoms with Crippen molar-refractivity contribution >= 4 is 6.21 Å².